The minimum atomic E-state index is -4.50. The van der Waals surface area contributed by atoms with Crippen molar-refractivity contribution in [1.29, 1.82) is 0 Å². The van der Waals surface area contributed by atoms with Gasteiger partial charge in [-0.05, 0) is 142 Å². The van der Waals surface area contributed by atoms with Gasteiger partial charge in [0.2, 0.25) is 0 Å². The van der Waals surface area contributed by atoms with Crippen molar-refractivity contribution in [2.45, 2.75) is 87.8 Å². The lowest BCUT2D eigenvalue weighted by Gasteiger charge is -2.44. The highest BCUT2D eigenvalue weighted by molar-refractivity contribution is 7.99. The van der Waals surface area contributed by atoms with Crippen LogP contribution in [0.25, 0.3) is 5.57 Å². The predicted molar refractivity (Wildman–Crippen MR) is 310 cm³/mol. The smallest absolute Gasteiger partial charge is 0.410 e. The molecule has 2 atom stereocenters. The van der Waals surface area contributed by atoms with E-state index in [0.717, 1.165) is 120 Å². The number of hydrogen-bond acceptors (Lipinski definition) is 14. The lowest BCUT2D eigenvalue weighted by atomic mass is 9.71. The number of allylic oxidation sites excluding steroid dienone is 1. The zero-order valence-corrected chi connectivity index (χ0v) is 47.6. The van der Waals surface area contributed by atoms with Crippen molar-refractivity contribution in [3.05, 3.63) is 158 Å². The fourth-order valence-electron chi connectivity index (χ4n) is 11.1. The summed E-state index contributed by atoms with van der Waals surface area (Å²) in [6.07, 6.45) is 6.15. The first-order valence-electron chi connectivity index (χ1n) is 27.0. The number of benzene rings is 4. The van der Waals surface area contributed by atoms with Crippen LogP contribution in [-0.4, -0.2) is 146 Å². The summed E-state index contributed by atoms with van der Waals surface area (Å²) in [6, 6.07) is 32.6. The first kappa shape index (κ1) is 56.7. The molecule has 2 fully saturated rings. The van der Waals surface area contributed by atoms with Crippen molar-refractivity contribution in [2.24, 2.45) is 5.41 Å². The van der Waals surface area contributed by atoms with Gasteiger partial charge in [0, 0.05) is 130 Å². The number of carbonyl (C=O) groups is 2. The van der Waals surface area contributed by atoms with Crippen LogP contribution in [0.2, 0.25) is 5.02 Å². The summed E-state index contributed by atoms with van der Waals surface area (Å²) in [4.78, 5) is 55.0. The van der Waals surface area contributed by atoms with Crippen LogP contribution in [-0.2, 0) is 27.7 Å². The Bertz CT molecular complexity index is 3050. The Hall–Kier alpha value is -6.02. The Morgan fingerprint density at radius 2 is 1.58 bits per heavy atom. The topological polar surface area (TPSA) is 174 Å². The van der Waals surface area contributed by atoms with E-state index in [1.165, 1.54) is 34.4 Å². The summed E-state index contributed by atoms with van der Waals surface area (Å²) in [7, 11) is -4.50. The number of carbonyl (C=O) groups excluding carboxylic acids is 2. The Labute approximate surface area is 468 Å². The van der Waals surface area contributed by atoms with Gasteiger partial charge in [0.25, 0.3) is 21.6 Å². The molecule has 1 aliphatic carbocycles. The van der Waals surface area contributed by atoms with Crippen molar-refractivity contribution in [3.8, 4) is 0 Å². The third-order valence-corrected chi connectivity index (χ3v) is 18.0. The van der Waals surface area contributed by atoms with E-state index in [1.54, 1.807) is 23.9 Å². The van der Waals surface area contributed by atoms with Gasteiger partial charge in [-0.1, -0.05) is 60.5 Å². The Morgan fingerprint density at radius 3 is 2.28 bits per heavy atom. The minimum absolute atomic E-state index is 0.0706. The quantitative estimate of drug-likeness (QED) is 0.0482. The Kier molecular flexibility index (Phi) is 18.2. The fourth-order valence-corrected chi connectivity index (χ4v) is 13.2. The zero-order chi connectivity index (χ0) is 55.0. The second-order valence-electron chi connectivity index (χ2n) is 22.4. The van der Waals surface area contributed by atoms with Gasteiger partial charge in [0.05, 0.1) is 15.5 Å². The molecule has 5 aromatic rings. The van der Waals surface area contributed by atoms with Gasteiger partial charge in [-0.15, -0.1) is 11.8 Å². The number of nitrogens with zero attached hydrogens (tertiary/aromatic N) is 7. The van der Waals surface area contributed by atoms with Gasteiger partial charge in [0.15, 0.2) is 0 Å². The second kappa shape index (κ2) is 25.0. The summed E-state index contributed by atoms with van der Waals surface area (Å²) in [5.41, 5.74) is 6.79. The number of sulfonamides is 1. The van der Waals surface area contributed by atoms with Crippen molar-refractivity contribution >= 4 is 68.0 Å². The molecule has 16 nitrogen and oxygen atoms in total. The number of nitro groups is 1. The number of amides is 2. The first-order valence-corrected chi connectivity index (χ1v) is 29.9. The molecule has 414 valence electrons. The maximum Gasteiger partial charge on any atom is 0.410 e. The van der Waals surface area contributed by atoms with Crippen molar-refractivity contribution in [3.63, 3.8) is 0 Å². The largest absolute Gasteiger partial charge is 0.444 e. The molecule has 4 aromatic carbocycles. The number of ether oxygens (including phenoxy) is 1. The molecule has 0 saturated carbocycles. The number of piperazine rings is 2. The van der Waals surface area contributed by atoms with Crippen LogP contribution in [0.4, 0.5) is 21.9 Å². The average Bonchev–Trinajstić information content (AvgIpc) is 3.44. The van der Waals surface area contributed by atoms with Gasteiger partial charge in [0.1, 0.15) is 11.3 Å². The number of hydrogen-bond donors (Lipinski definition) is 2. The number of halogens is 1. The molecule has 4 heterocycles. The number of anilines is 2. The fraction of sp³-hybridized carbons (Fsp3) is 0.441. The monoisotopic (exact) mass is 1120 g/mol. The number of aromatic nitrogens is 1. The van der Waals surface area contributed by atoms with Gasteiger partial charge in [-0.2, -0.15) is 0 Å². The number of fused-ring (bicyclic) bond motifs is 1. The number of nitro benzene ring substituents is 1. The average molecular weight is 1120 g/mol. The highest BCUT2D eigenvalue weighted by Gasteiger charge is 2.36. The molecule has 4 aliphatic rings. The van der Waals surface area contributed by atoms with E-state index in [2.05, 4.69) is 59.7 Å². The minimum Gasteiger partial charge on any atom is -0.444 e. The lowest BCUT2D eigenvalue weighted by molar-refractivity contribution is -0.384. The van der Waals surface area contributed by atoms with Gasteiger partial charge < -0.3 is 19.9 Å². The molecule has 9 rings (SSSR count). The van der Waals surface area contributed by atoms with Gasteiger partial charge >= 0.3 is 6.09 Å². The molecule has 78 heavy (non-hydrogen) atoms. The van der Waals surface area contributed by atoms with Crippen molar-refractivity contribution in [2.75, 3.05) is 94.5 Å². The van der Waals surface area contributed by atoms with Crippen LogP contribution < -0.4 is 14.9 Å². The number of pyridine rings is 1. The summed E-state index contributed by atoms with van der Waals surface area (Å²) in [5.74, 6) is -0.223. The third-order valence-electron chi connectivity index (χ3n) is 15.3. The lowest BCUT2D eigenvalue weighted by Crippen LogP contribution is -2.52. The van der Waals surface area contributed by atoms with Crippen molar-refractivity contribution < 1.29 is 27.7 Å². The molecule has 0 spiro atoms. The van der Waals surface area contributed by atoms with E-state index in [0.29, 0.717) is 30.3 Å². The van der Waals surface area contributed by atoms with Crippen LogP contribution in [0, 0.1) is 15.5 Å². The maximum absolute atomic E-state index is 13.7. The molecule has 0 radical (unpaired) electrons. The highest BCUT2D eigenvalue weighted by Crippen LogP contribution is 2.44. The second-order valence-corrected chi connectivity index (χ2v) is 25.6. The van der Waals surface area contributed by atoms with Gasteiger partial charge in [-0.3, -0.25) is 34.6 Å². The number of nitrogens with one attached hydrogen (secondary N) is 2. The van der Waals surface area contributed by atoms with Gasteiger partial charge in [-0.25, -0.2) is 17.9 Å². The normalized spacial score (nSPS) is 19.2. The number of thioether (sulfide) groups is 1. The molecule has 2 N–H and O–H groups in total. The summed E-state index contributed by atoms with van der Waals surface area (Å²) in [6.45, 7) is 18.4. The molecule has 2 amide bonds. The van der Waals surface area contributed by atoms with Crippen LogP contribution in [0.1, 0.15) is 80.6 Å². The standard InChI is InChI=1S/C59H72ClN9O7S2/c1-58(2,3)76-57(71)68-35-31-66(32-36-68)42-59(4)25-22-52(43-12-16-47(60)17-13-43)46(38-59)39-65-29-33-67(34-30-65)49-18-14-45(15-19-49)56(70)63-78(74,75)51-20-21-53(55(37-51)69(72)73)62-48(41-77-50-10-6-5-7-11-50)24-28-64-27-23-44-9-8-26-61-54(44)40-64/h5-21,26,37,48,62H,22-25,27-36,38-42H2,1-4H3,(H,63,70)/t48-,59-/m1/s1. The van der Waals surface area contributed by atoms with E-state index in [1.807, 2.05) is 92.5 Å². The predicted octanol–water partition coefficient (Wildman–Crippen LogP) is 10.1. The molecule has 2 saturated heterocycles. The molecule has 1 aromatic heterocycles. The van der Waals surface area contributed by atoms with Crippen LogP contribution in [0.15, 0.2) is 131 Å². The van der Waals surface area contributed by atoms with Crippen LogP contribution >= 0.6 is 23.4 Å². The zero-order valence-electron chi connectivity index (χ0n) is 45.2. The Balaban J connectivity index is 0.799. The Morgan fingerprint density at radius 1 is 0.859 bits per heavy atom. The highest BCUT2D eigenvalue weighted by atomic mass is 35.5. The molecular formula is C59H72ClN9O7S2. The van der Waals surface area contributed by atoms with E-state index in [4.69, 9.17) is 16.3 Å². The summed E-state index contributed by atoms with van der Waals surface area (Å²) in [5, 5.41) is 16.6. The summed E-state index contributed by atoms with van der Waals surface area (Å²) >= 11 is 7.98. The van der Waals surface area contributed by atoms with Crippen LogP contribution in [0.3, 0.4) is 0 Å². The molecule has 0 bridgehead atoms. The van der Waals surface area contributed by atoms with E-state index < -0.39 is 32.1 Å². The van der Waals surface area contributed by atoms with Crippen molar-refractivity contribution in [1.82, 2.24) is 29.3 Å². The van der Waals surface area contributed by atoms with E-state index in [9.17, 15) is 28.1 Å². The van der Waals surface area contributed by atoms with E-state index >= 15 is 0 Å². The van der Waals surface area contributed by atoms with Crippen LogP contribution in [0.5, 0.6) is 0 Å². The third kappa shape index (κ3) is 15.0. The summed E-state index contributed by atoms with van der Waals surface area (Å²) < 4.78 is 35.2. The molecular weight excluding hydrogens is 1050 g/mol. The first-order chi connectivity index (χ1) is 37.3. The number of rotatable bonds is 18. The molecule has 3 aliphatic heterocycles. The molecule has 0 unspecified atom stereocenters. The molecule has 19 heteroatoms. The maximum atomic E-state index is 13.7. The van der Waals surface area contributed by atoms with E-state index in [-0.39, 0.29) is 33.7 Å². The SMILES string of the molecule is CC(C)(C)OC(=O)N1CCN(C[C@]2(C)CCC(c3ccc(Cl)cc3)=C(CN3CCN(c4ccc(C(=O)NS(=O)(=O)c5ccc(N[C@H](CCN6CCc7cccnc7C6)CSc6ccccc6)c([N+](=O)[O-])c5)cc4)CC3)C2)CC1.